The number of carbonyl (C=O) groups excluding carboxylic acids is 2. The van der Waals surface area contributed by atoms with Crippen molar-refractivity contribution < 1.29 is 37.9 Å². The molecule has 0 aromatic carbocycles. The molecule has 52 heavy (non-hydrogen) atoms. The molecule has 0 fully saturated rings. The highest BCUT2D eigenvalue weighted by molar-refractivity contribution is 7.46. The van der Waals surface area contributed by atoms with Crippen LogP contribution in [-0.4, -0.2) is 41.0 Å². The van der Waals surface area contributed by atoms with Crippen molar-refractivity contribution in [1.82, 2.24) is 0 Å². The van der Waals surface area contributed by atoms with E-state index in [2.05, 4.69) is 79.1 Å². The van der Waals surface area contributed by atoms with Gasteiger partial charge in [0.25, 0.3) is 0 Å². The van der Waals surface area contributed by atoms with Crippen LogP contribution in [0.25, 0.3) is 0 Å². The zero-order chi connectivity index (χ0) is 38.2. The van der Waals surface area contributed by atoms with E-state index >= 15 is 0 Å². The van der Waals surface area contributed by atoms with Crippen LogP contribution in [0.5, 0.6) is 0 Å². The van der Waals surface area contributed by atoms with E-state index in [4.69, 9.17) is 19.3 Å². The molecule has 0 saturated carbocycles. The van der Waals surface area contributed by atoms with Crippen LogP contribution in [0.3, 0.4) is 0 Å². The average molecular weight is 751 g/mol. The lowest BCUT2D eigenvalue weighted by Crippen LogP contribution is -2.29. The third-order valence-corrected chi connectivity index (χ3v) is 8.99. The van der Waals surface area contributed by atoms with E-state index in [9.17, 15) is 14.2 Å². The Hall–Kier alpha value is -2.25. The molecule has 9 heteroatoms. The van der Waals surface area contributed by atoms with Crippen LogP contribution in [0.4, 0.5) is 0 Å². The van der Waals surface area contributed by atoms with Gasteiger partial charge in [-0.2, -0.15) is 0 Å². The van der Waals surface area contributed by atoms with Crippen molar-refractivity contribution in [3.63, 3.8) is 0 Å². The largest absolute Gasteiger partial charge is 0.469 e. The third-order valence-electron chi connectivity index (χ3n) is 8.51. The summed E-state index contributed by atoms with van der Waals surface area (Å²) >= 11 is 0. The second-order valence-corrected chi connectivity index (χ2v) is 14.8. The van der Waals surface area contributed by atoms with E-state index in [1.165, 1.54) is 77.0 Å². The Morgan fingerprint density at radius 1 is 0.500 bits per heavy atom. The first-order valence-electron chi connectivity index (χ1n) is 20.6. The van der Waals surface area contributed by atoms with Gasteiger partial charge in [-0.3, -0.25) is 14.1 Å². The minimum Gasteiger partial charge on any atom is -0.462 e. The summed E-state index contributed by atoms with van der Waals surface area (Å²) in [6.45, 7) is 3.61. The molecule has 0 heterocycles. The quantitative estimate of drug-likeness (QED) is 0.0279. The van der Waals surface area contributed by atoms with Gasteiger partial charge in [0, 0.05) is 12.8 Å². The van der Waals surface area contributed by atoms with E-state index in [0.29, 0.717) is 12.8 Å². The summed E-state index contributed by atoms with van der Waals surface area (Å²) in [5.41, 5.74) is 0. The number of unbranched alkanes of at least 4 members (excludes halogenated alkanes) is 17. The molecule has 0 aliphatic carbocycles. The van der Waals surface area contributed by atoms with Crippen LogP contribution in [0.15, 0.2) is 60.8 Å². The van der Waals surface area contributed by atoms with Gasteiger partial charge in [0.2, 0.25) is 0 Å². The standard InChI is InChI=1S/C43H75O8P/c1-3-5-7-9-11-13-15-17-19-20-21-22-24-25-27-29-31-33-35-37-42(44)49-39-41(40-50-52(46,47)48)51-43(45)38-36-34-32-30-28-26-23-18-16-14-12-10-8-6-4-2/h11,13-14,16-17,19,21-22,25,27,41H,3-10,12,15,18,20,23-24,26,28-40H2,1-2H3,(H2,46,47,48)/b13-11-,16-14-,19-17-,22-21-,27-25-/t41-/m1/s1. The molecule has 0 unspecified atom stereocenters. The highest BCUT2D eigenvalue weighted by atomic mass is 31.2. The molecule has 0 aliphatic rings. The molecule has 1 atom stereocenters. The monoisotopic (exact) mass is 751 g/mol. The molecule has 0 spiro atoms. The van der Waals surface area contributed by atoms with Crippen molar-refractivity contribution in [2.45, 2.75) is 187 Å². The maximum Gasteiger partial charge on any atom is 0.469 e. The number of rotatable bonds is 37. The first kappa shape index (κ1) is 49.8. The van der Waals surface area contributed by atoms with E-state index in [1.54, 1.807) is 0 Å². The number of hydrogen-bond acceptors (Lipinski definition) is 6. The summed E-state index contributed by atoms with van der Waals surface area (Å²) in [6, 6.07) is 0. The lowest BCUT2D eigenvalue weighted by atomic mass is 10.1. The van der Waals surface area contributed by atoms with Gasteiger partial charge in [-0.25, -0.2) is 4.57 Å². The van der Waals surface area contributed by atoms with Gasteiger partial charge >= 0.3 is 19.8 Å². The maximum atomic E-state index is 12.4. The molecule has 0 bridgehead atoms. The van der Waals surface area contributed by atoms with E-state index in [-0.39, 0.29) is 19.4 Å². The fraction of sp³-hybridized carbons (Fsp3) is 0.721. The molecule has 300 valence electrons. The fourth-order valence-electron chi connectivity index (χ4n) is 5.41. The molecule has 0 amide bonds. The van der Waals surface area contributed by atoms with E-state index < -0.39 is 32.5 Å². The topological polar surface area (TPSA) is 119 Å². The second kappa shape index (κ2) is 38.5. The van der Waals surface area contributed by atoms with E-state index in [1.807, 2.05) is 0 Å². The predicted molar refractivity (Wildman–Crippen MR) is 216 cm³/mol. The summed E-state index contributed by atoms with van der Waals surface area (Å²) in [4.78, 5) is 42.8. The lowest BCUT2D eigenvalue weighted by molar-refractivity contribution is -0.161. The van der Waals surface area contributed by atoms with Crippen LogP contribution in [0.2, 0.25) is 0 Å². The molecule has 0 aromatic rings. The minimum absolute atomic E-state index is 0.197. The van der Waals surface area contributed by atoms with Gasteiger partial charge in [0.05, 0.1) is 6.61 Å². The Balaban J connectivity index is 4.01. The average Bonchev–Trinajstić information content (AvgIpc) is 3.11. The van der Waals surface area contributed by atoms with Gasteiger partial charge in [-0.1, -0.05) is 145 Å². The lowest BCUT2D eigenvalue weighted by Gasteiger charge is -2.18. The van der Waals surface area contributed by atoms with Gasteiger partial charge < -0.3 is 19.3 Å². The molecular weight excluding hydrogens is 675 g/mol. The molecular formula is C43H75O8P. The number of esters is 2. The maximum absolute atomic E-state index is 12.4. The van der Waals surface area contributed by atoms with E-state index in [0.717, 1.165) is 64.2 Å². The van der Waals surface area contributed by atoms with Crippen LogP contribution >= 0.6 is 7.82 Å². The van der Waals surface area contributed by atoms with Gasteiger partial charge in [-0.15, -0.1) is 0 Å². The first-order chi connectivity index (χ1) is 25.3. The number of ether oxygens (including phenoxy) is 2. The van der Waals surface area contributed by atoms with Crippen LogP contribution in [0.1, 0.15) is 181 Å². The van der Waals surface area contributed by atoms with Crippen molar-refractivity contribution >= 4 is 19.8 Å². The van der Waals surface area contributed by atoms with Crippen LogP contribution in [0, 0.1) is 0 Å². The Labute approximate surface area is 317 Å². The van der Waals surface area contributed by atoms with Crippen LogP contribution in [-0.2, 0) is 28.2 Å². The van der Waals surface area contributed by atoms with Gasteiger partial charge in [0.15, 0.2) is 6.10 Å². The molecule has 0 radical (unpaired) electrons. The number of allylic oxidation sites excluding steroid dienone is 10. The highest BCUT2D eigenvalue weighted by Crippen LogP contribution is 2.36. The normalized spacial score (nSPS) is 13.1. The molecule has 8 nitrogen and oxygen atoms in total. The smallest absolute Gasteiger partial charge is 0.462 e. The molecule has 0 aromatic heterocycles. The Kier molecular flexibility index (Phi) is 36.8. The Morgan fingerprint density at radius 3 is 1.37 bits per heavy atom. The zero-order valence-electron chi connectivity index (χ0n) is 32.9. The van der Waals surface area contributed by atoms with Gasteiger partial charge in [-0.05, 0) is 83.5 Å². The highest BCUT2D eigenvalue weighted by Gasteiger charge is 2.22. The predicted octanol–water partition coefficient (Wildman–Crippen LogP) is 12.5. The number of phosphoric acid groups is 1. The molecule has 0 saturated heterocycles. The minimum atomic E-state index is -4.76. The third kappa shape index (κ3) is 40.5. The van der Waals surface area contributed by atoms with Gasteiger partial charge in [0.1, 0.15) is 6.61 Å². The van der Waals surface area contributed by atoms with Crippen molar-refractivity contribution in [2.24, 2.45) is 0 Å². The molecule has 2 N–H and O–H groups in total. The fourth-order valence-corrected chi connectivity index (χ4v) is 5.77. The summed E-state index contributed by atoms with van der Waals surface area (Å²) in [5, 5.41) is 0. The second-order valence-electron chi connectivity index (χ2n) is 13.6. The zero-order valence-corrected chi connectivity index (χ0v) is 33.8. The van der Waals surface area contributed by atoms with Crippen molar-refractivity contribution in [1.29, 1.82) is 0 Å². The first-order valence-corrected chi connectivity index (χ1v) is 22.1. The summed E-state index contributed by atoms with van der Waals surface area (Å²) in [6.07, 6.45) is 47.9. The number of hydrogen-bond donors (Lipinski definition) is 2. The molecule has 0 aliphatic heterocycles. The Bertz CT molecular complexity index is 1030. The van der Waals surface area contributed by atoms with Crippen LogP contribution < -0.4 is 0 Å². The Morgan fingerprint density at radius 2 is 0.865 bits per heavy atom. The summed E-state index contributed by atoms with van der Waals surface area (Å²) in [7, 11) is -4.76. The van der Waals surface area contributed by atoms with Crippen molar-refractivity contribution in [3.8, 4) is 0 Å². The number of phosphoric ester groups is 1. The summed E-state index contributed by atoms with van der Waals surface area (Å²) < 4.78 is 26.3. The SMILES string of the molecule is CCCCC/C=C\C/C=C\C/C=C\C/C=C\CCCCCC(=O)OC[C@H](COP(=O)(O)O)OC(=O)CCCCCCCCC/C=C\CCCCCC. The van der Waals surface area contributed by atoms with Crippen molar-refractivity contribution in [2.75, 3.05) is 13.2 Å². The van der Waals surface area contributed by atoms with Crippen molar-refractivity contribution in [3.05, 3.63) is 60.8 Å². The number of carbonyl (C=O) groups is 2. The summed E-state index contributed by atoms with van der Waals surface area (Å²) in [5.74, 6) is -0.929. The molecule has 0 rings (SSSR count).